The van der Waals surface area contributed by atoms with Gasteiger partial charge in [-0.1, -0.05) is 11.6 Å². The van der Waals surface area contributed by atoms with Crippen LogP contribution < -0.4 is 0 Å². The average molecular weight is 277 g/mol. The van der Waals surface area contributed by atoms with Gasteiger partial charge >= 0.3 is 0 Å². The third-order valence-electron chi connectivity index (χ3n) is 2.72. The predicted octanol–water partition coefficient (Wildman–Crippen LogP) is 1.34. The Labute approximate surface area is 113 Å². The lowest BCUT2D eigenvalue weighted by molar-refractivity contribution is 0.0475. The minimum absolute atomic E-state index is 0.472. The van der Waals surface area contributed by atoms with E-state index in [9.17, 15) is 5.11 Å². The van der Waals surface area contributed by atoms with Crippen LogP contribution in [0, 0.1) is 6.92 Å². The van der Waals surface area contributed by atoms with Crippen molar-refractivity contribution in [1.82, 2.24) is 9.78 Å². The van der Waals surface area contributed by atoms with Crippen molar-refractivity contribution >= 4 is 11.6 Å². The first-order chi connectivity index (χ1) is 8.56. The molecule has 104 valence electrons. The van der Waals surface area contributed by atoms with Crippen LogP contribution in [0.4, 0.5) is 0 Å². The van der Waals surface area contributed by atoms with Crippen LogP contribution in [-0.2, 0) is 22.9 Å². The Morgan fingerprint density at radius 1 is 1.39 bits per heavy atom. The maximum atomic E-state index is 9.91. The average Bonchev–Trinajstić information content (AvgIpc) is 2.56. The number of halogens is 1. The van der Waals surface area contributed by atoms with Crippen LogP contribution >= 0.6 is 11.6 Å². The van der Waals surface area contributed by atoms with Crippen molar-refractivity contribution in [1.29, 1.82) is 0 Å². The summed E-state index contributed by atoms with van der Waals surface area (Å²) < 4.78 is 11.9. The molecule has 1 aromatic heterocycles. The molecular weight excluding hydrogens is 256 g/mol. The van der Waals surface area contributed by atoms with Gasteiger partial charge in [0, 0.05) is 27.2 Å². The Morgan fingerprint density at radius 3 is 2.67 bits per heavy atom. The molecule has 0 amide bonds. The summed E-state index contributed by atoms with van der Waals surface area (Å²) in [6.45, 7) is 3.49. The molecule has 18 heavy (non-hydrogen) atoms. The van der Waals surface area contributed by atoms with Gasteiger partial charge < -0.3 is 14.6 Å². The van der Waals surface area contributed by atoms with E-state index in [1.165, 1.54) is 0 Å². The van der Waals surface area contributed by atoms with Gasteiger partial charge in [-0.2, -0.15) is 5.10 Å². The van der Waals surface area contributed by atoms with E-state index in [1.807, 2.05) is 14.0 Å². The number of nitrogens with zero attached hydrogens (tertiary/aromatic N) is 2. The molecule has 0 bridgehead atoms. The van der Waals surface area contributed by atoms with E-state index in [4.69, 9.17) is 21.1 Å². The zero-order valence-corrected chi connectivity index (χ0v) is 11.9. The van der Waals surface area contributed by atoms with E-state index < -0.39 is 6.10 Å². The van der Waals surface area contributed by atoms with Crippen LogP contribution in [0.15, 0.2) is 0 Å². The maximum absolute atomic E-state index is 9.91. The largest absolute Gasteiger partial charge is 0.393 e. The molecule has 0 spiro atoms. The van der Waals surface area contributed by atoms with Gasteiger partial charge in [-0.25, -0.2) is 0 Å². The van der Waals surface area contributed by atoms with Crippen LogP contribution in [0.1, 0.15) is 17.8 Å². The fourth-order valence-corrected chi connectivity index (χ4v) is 1.93. The van der Waals surface area contributed by atoms with Crippen molar-refractivity contribution in [3.05, 3.63) is 16.4 Å². The second kappa shape index (κ2) is 7.74. The van der Waals surface area contributed by atoms with E-state index >= 15 is 0 Å². The number of ether oxygens (including phenoxy) is 2. The minimum Gasteiger partial charge on any atom is -0.393 e. The Bertz CT molecular complexity index is 368. The van der Waals surface area contributed by atoms with Crippen molar-refractivity contribution in [3.8, 4) is 0 Å². The van der Waals surface area contributed by atoms with E-state index in [1.54, 1.807) is 11.8 Å². The van der Waals surface area contributed by atoms with Crippen LogP contribution in [0.3, 0.4) is 0 Å². The summed E-state index contributed by atoms with van der Waals surface area (Å²) in [4.78, 5) is 0. The van der Waals surface area contributed by atoms with E-state index in [0.717, 1.165) is 11.4 Å². The van der Waals surface area contributed by atoms with Gasteiger partial charge in [0.15, 0.2) is 0 Å². The molecule has 0 radical (unpaired) electrons. The number of aryl methyl sites for hydroxylation is 2. The van der Waals surface area contributed by atoms with Gasteiger partial charge in [0.1, 0.15) is 0 Å². The quantitative estimate of drug-likeness (QED) is 0.728. The Morgan fingerprint density at radius 2 is 2.11 bits per heavy atom. The molecule has 1 heterocycles. The first kappa shape index (κ1) is 15.4. The number of aliphatic hydroxyl groups is 1. The van der Waals surface area contributed by atoms with E-state index in [-0.39, 0.29) is 0 Å². The Hall–Kier alpha value is -0.620. The summed E-state index contributed by atoms with van der Waals surface area (Å²) in [5.74, 6) is 0. The highest BCUT2D eigenvalue weighted by atomic mass is 35.5. The fraction of sp³-hybridized carbons (Fsp3) is 0.750. The number of aliphatic hydroxyl groups excluding tert-OH is 1. The molecule has 1 atom stereocenters. The number of hydrogen-bond acceptors (Lipinski definition) is 4. The lowest BCUT2D eigenvalue weighted by Crippen LogP contribution is -2.16. The highest BCUT2D eigenvalue weighted by molar-refractivity contribution is 6.31. The molecule has 1 unspecified atom stereocenters. The number of rotatable bonds is 8. The minimum atomic E-state index is -0.472. The first-order valence-electron chi connectivity index (χ1n) is 5.99. The van der Waals surface area contributed by atoms with Crippen molar-refractivity contribution in [2.75, 3.05) is 26.9 Å². The van der Waals surface area contributed by atoms with Gasteiger partial charge in [-0.05, 0) is 13.3 Å². The zero-order valence-electron chi connectivity index (χ0n) is 11.1. The summed E-state index contributed by atoms with van der Waals surface area (Å²) in [5.41, 5.74) is 1.65. The monoisotopic (exact) mass is 276 g/mol. The van der Waals surface area contributed by atoms with Gasteiger partial charge in [0.25, 0.3) is 0 Å². The molecule has 0 saturated heterocycles. The van der Waals surface area contributed by atoms with E-state index in [2.05, 4.69) is 5.10 Å². The third kappa shape index (κ3) is 4.57. The lowest BCUT2D eigenvalue weighted by Gasteiger charge is -2.11. The van der Waals surface area contributed by atoms with Crippen LogP contribution in [0.2, 0.25) is 5.02 Å². The topological polar surface area (TPSA) is 56.5 Å². The summed E-state index contributed by atoms with van der Waals surface area (Å²) in [6, 6.07) is 0. The molecule has 0 aliphatic carbocycles. The van der Waals surface area contributed by atoms with Crippen molar-refractivity contribution in [2.45, 2.75) is 25.9 Å². The van der Waals surface area contributed by atoms with Crippen molar-refractivity contribution < 1.29 is 14.6 Å². The van der Waals surface area contributed by atoms with Crippen LogP contribution in [0.5, 0.6) is 0 Å². The molecule has 1 rings (SSSR count). The smallest absolute Gasteiger partial charge is 0.0847 e. The highest BCUT2D eigenvalue weighted by Crippen LogP contribution is 2.21. The highest BCUT2D eigenvalue weighted by Gasteiger charge is 2.15. The molecular formula is C12H21ClN2O3. The van der Waals surface area contributed by atoms with Crippen LogP contribution in [0.25, 0.3) is 0 Å². The van der Waals surface area contributed by atoms with Gasteiger partial charge in [0.2, 0.25) is 0 Å². The summed E-state index contributed by atoms with van der Waals surface area (Å²) in [7, 11) is 3.46. The molecule has 6 heteroatoms. The molecule has 1 N–H and O–H groups in total. The van der Waals surface area contributed by atoms with Gasteiger partial charge in [-0.3, -0.25) is 4.68 Å². The maximum Gasteiger partial charge on any atom is 0.0847 e. The molecule has 0 fully saturated rings. The standard InChI is InChI=1S/C12H21ClN2O3/c1-9-12(13)11(15(2)14-9)8-10(16)4-5-18-7-6-17-3/h10,16H,4-8H2,1-3H3. The molecule has 1 aromatic rings. The third-order valence-corrected chi connectivity index (χ3v) is 3.21. The fourth-order valence-electron chi connectivity index (χ4n) is 1.69. The normalized spacial score (nSPS) is 12.9. The number of hydrogen-bond donors (Lipinski definition) is 1. The lowest BCUT2D eigenvalue weighted by atomic mass is 10.1. The van der Waals surface area contributed by atoms with Crippen LogP contribution in [-0.4, -0.2) is 47.9 Å². The van der Waals surface area contributed by atoms with Gasteiger partial charge in [0.05, 0.1) is 35.7 Å². The summed E-state index contributed by atoms with van der Waals surface area (Å²) >= 11 is 6.12. The predicted molar refractivity (Wildman–Crippen MR) is 70.0 cm³/mol. The van der Waals surface area contributed by atoms with Crippen molar-refractivity contribution in [2.24, 2.45) is 7.05 Å². The van der Waals surface area contributed by atoms with Crippen molar-refractivity contribution in [3.63, 3.8) is 0 Å². The van der Waals surface area contributed by atoms with E-state index in [0.29, 0.717) is 37.7 Å². The Balaban J connectivity index is 2.33. The first-order valence-corrected chi connectivity index (χ1v) is 6.36. The second-order valence-electron chi connectivity index (χ2n) is 4.22. The number of aromatic nitrogens is 2. The molecule has 0 aromatic carbocycles. The zero-order chi connectivity index (χ0) is 13.5. The SMILES string of the molecule is COCCOCCC(O)Cc1c(Cl)c(C)nn1C. The Kier molecular flexibility index (Phi) is 6.63. The molecule has 5 nitrogen and oxygen atoms in total. The summed E-state index contributed by atoms with van der Waals surface area (Å²) in [6.07, 6.45) is 0.591. The molecule has 0 aliphatic heterocycles. The molecule has 0 saturated carbocycles. The summed E-state index contributed by atoms with van der Waals surface area (Å²) in [5, 5.41) is 14.8. The second-order valence-corrected chi connectivity index (χ2v) is 4.60. The van der Waals surface area contributed by atoms with Gasteiger partial charge in [-0.15, -0.1) is 0 Å². The molecule has 0 aliphatic rings. The number of methoxy groups -OCH3 is 1.